The summed E-state index contributed by atoms with van der Waals surface area (Å²) < 4.78 is 49.5. The highest BCUT2D eigenvalue weighted by Gasteiger charge is 2.26. The third-order valence-corrected chi connectivity index (χ3v) is 9.05. The van der Waals surface area contributed by atoms with Crippen LogP contribution in [0.25, 0.3) is 55.7 Å². The number of furan rings is 1. The Morgan fingerprint density at radius 1 is 1.07 bits per heavy atom. The lowest BCUT2D eigenvalue weighted by molar-refractivity contribution is 0.0964. The van der Waals surface area contributed by atoms with E-state index in [0.29, 0.717) is 67.0 Å². The number of rotatable bonds is 8. The highest BCUT2D eigenvalue weighted by Crippen LogP contribution is 2.42. The number of anilines is 1. The van der Waals surface area contributed by atoms with Crippen molar-refractivity contribution in [1.82, 2.24) is 20.1 Å². The van der Waals surface area contributed by atoms with E-state index in [-0.39, 0.29) is 19.1 Å². The van der Waals surface area contributed by atoms with E-state index in [1.165, 1.54) is 26.4 Å². The summed E-state index contributed by atoms with van der Waals surface area (Å²) in [5, 5.41) is 21.8. The minimum atomic E-state index is -3.73. The fourth-order valence-electron chi connectivity index (χ4n) is 5.50. The summed E-state index contributed by atoms with van der Waals surface area (Å²) in [6.45, 7) is 1.96. The molecule has 10 nitrogen and oxygen atoms in total. The van der Waals surface area contributed by atoms with Crippen LogP contribution in [0.5, 0.6) is 0 Å². The van der Waals surface area contributed by atoms with Crippen molar-refractivity contribution >= 4 is 43.5 Å². The third kappa shape index (κ3) is 5.32. The lowest BCUT2D eigenvalue weighted by atomic mass is 9.98. The molecule has 0 saturated heterocycles. The van der Waals surface area contributed by atoms with Gasteiger partial charge in [0.1, 0.15) is 22.9 Å². The van der Waals surface area contributed by atoms with Gasteiger partial charge >= 0.3 is 0 Å². The number of halogens is 1. The first-order valence-corrected chi connectivity index (χ1v) is 15.9. The molecule has 0 saturated carbocycles. The Morgan fingerprint density at radius 2 is 1.82 bits per heavy atom. The van der Waals surface area contributed by atoms with Gasteiger partial charge in [-0.3, -0.25) is 9.10 Å². The Kier molecular flexibility index (Phi) is 7.63. The van der Waals surface area contributed by atoms with Gasteiger partial charge in [-0.1, -0.05) is 35.9 Å². The number of carbonyl (C=O) groups is 1. The van der Waals surface area contributed by atoms with Crippen molar-refractivity contribution in [3.63, 3.8) is 0 Å². The van der Waals surface area contributed by atoms with E-state index in [4.69, 9.17) is 4.42 Å². The quantitative estimate of drug-likeness (QED) is 0.232. The summed E-state index contributed by atoms with van der Waals surface area (Å²) in [4.78, 5) is 13.3. The van der Waals surface area contributed by atoms with E-state index in [9.17, 15) is 22.7 Å². The van der Waals surface area contributed by atoms with Gasteiger partial charge in [0.25, 0.3) is 5.91 Å². The fraction of sp³-hybridized carbons (Fsp3) is 0.182. The Hall–Kier alpha value is -5.07. The minimum Gasteiger partial charge on any atom is -0.455 e. The third-order valence-electron chi connectivity index (χ3n) is 7.86. The SMILES string of the molecule is CNC(=O)c1c(-c2ccc(C)cc2)oc2cc(N(C)S(C)(=O)=O)c(-c3cnnc(-c4cc5c(F)cccc5n4CCO)c3)cc12. The van der Waals surface area contributed by atoms with Gasteiger partial charge in [-0.25, -0.2) is 12.8 Å². The van der Waals surface area contributed by atoms with E-state index < -0.39 is 15.8 Å². The Labute approximate surface area is 258 Å². The van der Waals surface area contributed by atoms with Crippen molar-refractivity contribution in [1.29, 1.82) is 0 Å². The number of carbonyl (C=O) groups excluding carboxylic acids is 1. The molecule has 3 aromatic heterocycles. The molecule has 0 fully saturated rings. The molecule has 0 aliphatic rings. The summed E-state index contributed by atoms with van der Waals surface area (Å²) in [6, 6.07) is 18.9. The second-order valence-electron chi connectivity index (χ2n) is 10.8. The molecule has 3 aromatic carbocycles. The second kappa shape index (κ2) is 11.5. The number of hydrogen-bond donors (Lipinski definition) is 2. The first-order valence-electron chi connectivity index (χ1n) is 14.1. The number of aliphatic hydroxyl groups excluding tert-OH is 1. The first kappa shape index (κ1) is 30.0. The van der Waals surface area contributed by atoms with Gasteiger partial charge in [0.2, 0.25) is 10.0 Å². The maximum Gasteiger partial charge on any atom is 0.255 e. The van der Waals surface area contributed by atoms with Gasteiger partial charge in [0, 0.05) is 54.2 Å². The molecular formula is C33H30FN5O5S. The number of hydrogen-bond acceptors (Lipinski definition) is 7. The van der Waals surface area contributed by atoms with Crippen LogP contribution in [0.3, 0.4) is 0 Å². The van der Waals surface area contributed by atoms with E-state index in [2.05, 4.69) is 15.5 Å². The lowest BCUT2D eigenvalue weighted by Gasteiger charge is -2.20. The number of nitrogens with one attached hydrogen (secondary N) is 1. The van der Waals surface area contributed by atoms with Crippen LogP contribution in [0.4, 0.5) is 10.1 Å². The van der Waals surface area contributed by atoms with Crippen LogP contribution in [-0.4, -0.2) is 61.2 Å². The molecule has 45 heavy (non-hydrogen) atoms. The van der Waals surface area contributed by atoms with Gasteiger partial charge in [-0.05, 0) is 37.3 Å². The summed E-state index contributed by atoms with van der Waals surface area (Å²) in [5.41, 5.74) is 5.06. The van der Waals surface area contributed by atoms with Crippen LogP contribution in [0, 0.1) is 12.7 Å². The molecule has 230 valence electrons. The Balaban J connectivity index is 1.62. The highest BCUT2D eigenvalue weighted by atomic mass is 32.2. The Morgan fingerprint density at radius 3 is 2.51 bits per heavy atom. The van der Waals surface area contributed by atoms with Crippen molar-refractivity contribution in [3.05, 3.63) is 89.9 Å². The maximum atomic E-state index is 14.7. The largest absolute Gasteiger partial charge is 0.455 e. The molecule has 0 aliphatic heterocycles. The highest BCUT2D eigenvalue weighted by molar-refractivity contribution is 7.92. The molecular weight excluding hydrogens is 597 g/mol. The predicted octanol–water partition coefficient (Wildman–Crippen LogP) is 5.37. The smallest absolute Gasteiger partial charge is 0.255 e. The number of aromatic nitrogens is 3. The average molecular weight is 628 g/mol. The van der Waals surface area contributed by atoms with E-state index in [1.807, 2.05) is 31.2 Å². The van der Waals surface area contributed by atoms with Crippen LogP contribution in [-0.2, 0) is 16.6 Å². The van der Waals surface area contributed by atoms with E-state index in [0.717, 1.165) is 16.1 Å². The summed E-state index contributed by atoms with van der Waals surface area (Å²) in [6.07, 6.45) is 2.58. The molecule has 2 N–H and O–H groups in total. The number of nitrogens with zero attached hydrogens (tertiary/aromatic N) is 4. The summed E-state index contributed by atoms with van der Waals surface area (Å²) in [7, 11) is -0.773. The van der Waals surface area contributed by atoms with Gasteiger partial charge in [0.05, 0.1) is 41.5 Å². The number of benzene rings is 3. The van der Waals surface area contributed by atoms with Gasteiger partial charge in [-0.15, -0.1) is 5.10 Å². The van der Waals surface area contributed by atoms with Crippen molar-refractivity contribution in [2.45, 2.75) is 13.5 Å². The van der Waals surface area contributed by atoms with Crippen LogP contribution in [0.2, 0.25) is 0 Å². The number of aryl methyl sites for hydroxylation is 1. The molecule has 6 rings (SSSR count). The van der Waals surface area contributed by atoms with E-state index in [1.54, 1.807) is 41.0 Å². The van der Waals surface area contributed by atoms with Gasteiger partial charge in [-0.2, -0.15) is 5.10 Å². The molecule has 0 unspecified atom stereocenters. The number of sulfonamides is 1. The molecule has 0 radical (unpaired) electrons. The summed E-state index contributed by atoms with van der Waals surface area (Å²) in [5.74, 6) is -0.440. The molecule has 1 amide bonds. The second-order valence-corrected chi connectivity index (χ2v) is 12.8. The summed E-state index contributed by atoms with van der Waals surface area (Å²) >= 11 is 0. The molecule has 0 atom stereocenters. The average Bonchev–Trinajstić information content (AvgIpc) is 3.59. The topological polar surface area (TPSA) is 131 Å². The standard InChI is InChI=1S/C33H30FN5O5S/c1-19-8-10-20(11-9-19)32-31(33(41)35-2)24-15-22(28(17-30(24)44-32)38(3)45(4,42)43)21-14-26(37-36-18-21)29-16-23-25(34)6-5-7-27(23)39(29)12-13-40/h5-11,14-18,40H,12-13H2,1-4H3,(H,35,41). The Bertz CT molecular complexity index is 2210. The predicted molar refractivity (Wildman–Crippen MR) is 172 cm³/mol. The van der Waals surface area contributed by atoms with Crippen molar-refractivity contribution < 1.29 is 27.1 Å². The van der Waals surface area contributed by atoms with Crippen molar-refractivity contribution in [2.24, 2.45) is 0 Å². The number of fused-ring (bicyclic) bond motifs is 2. The molecule has 12 heteroatoms. The normalized spacial score (nSPS) is 11.8. The fourth-order valence-corrected chi connectivity index (χ4v) is 6.01. The van der Waals surface area contributed by atoms with Gasteiger partial charge in [0.15, 0.2) is 0 Å². The zero-order valence-electron chi connectivity index (χ0n) is 25.0. The molecule has 3 heterocycles. The zero-order chi connectivity index (χ0) is 32.0. The van der Waals surface area contributed by atoms with Crippen LogP contribution in [0.1, 0.15) is 15.9 Å². The maximum absolute atomic E-state index is 14.7. The monoisotopic (exact) mass is 627 g/mol. The lowest BCUT2D eigenvalue weighted by Crippen LogP contribution is -2.25. The molecule has 6 aromatic rings. The number of amides is 1. The molecule has 0 spiro atoms. The minimum absolute atomic E-state index is 0.188. The first-order chi connectivity index (χ1) is 21.5. The molecule has 0 aliphatic carbocycles. The van der Waals surface area contributed by atoms with Crippen molar-refractivity contribution in [2.75, 3.05) is 31.3 Å². The zero-order valence-corrected chi connectivity index (χ0v) is 25.8. The van der Waals surface area contributed by atoms with Gasteiger partial charge < -0.3 is 19.4 Å². The van der Waals surface area contributed by atoms with Crippen LogP contribution >= 0.6 is 0 Å². The van der Waals surface area contributed by atoms with Crippen LogP contribution < -0.4 is 9.62 Å². The number of aliphatic hydroxyl groups is 1. The van der Waals surface area contributed by atoms with Crippen LogP contribution in [0.15, 0.2) is 77.3 Å². The van der Waals surface area contributed by atoms with Crippen molar-refractivity contribution in [3.8, 4) is 33.8 Å². The molecule has 0 bridgehead atoms. The van der Waals surface area contributed by atoms with E-state index >= 15 is 0 Å².